The van der Waals surface area contributed by atoms with Crippen LogP contribution in [0.15, 0.2) is 6.20 Å². The van der Waals surface area contributed by atoms with Crippen LogP contribution >= 0.6 is 0 Å². The monoisotopic (exact) mass is 392 g/mol. The summed E-state index contributed by atoms with van der Waals surface area (Å²) in [6, 6.07) is -0.0591. The van der Waals surface area contributed by atoms with Gasteiger partial charge >= 0.3 is 6.09 Å². The average molecular weight is 392 g/mol. The number of carbonyl (C=O) groups is 2. The zero-order chi connectivity index (χ0) is 20.4. The van der Waals surface area contributed by atoms with Crippen LogP contribution in [-0.2, 0) is 32.1 Å². The van der Waals surface area contributed by atoms with Crippen molar-refractivity contribution in [1.29, 1.82) is 0 Å². The van der Waals surface area contributed by atoms with E-state index in [1.54, 1.807) is 16.0 Å². The molecule has 1 aromatic rings. The van der Waals surface area contributed by atoms with Crippen molar-refractivity contribution in [1.82, 2.24) is 14.7 Å². The van der Waals surface area contributed by atoms with E-state index < -0.39 is 17.5 Å². The Morgan fingerprint density at radius 1 is 1.29 bits per heavy atom. The maximum Gasteiger partial charge on any atom is 0.410 e. The number of hydrogen-bond acceptors (Lipinski definition) is 6. The van der Waals surface area contributed by atoms with Crippen molar-refractivity contribution in [3.63, 3.8) is 0 Å². The number of ether oxygens (including phenoxy) is 3. The molecule has 0 N–H and O–H groups in total. The Labute approximate surface area is 164 Å². The van der Waals surface area contributed by atoms with Gasteiger partial charge in [0.15, 0.2) is 11.9 Å². The molecule has 9 heteroatoms. The topological polar surface area (TPSA) is 86.1 Å². The Bertz CT molecular complexity index is 812. The van der Waals surface area contributed by atoms with Crippen molar-refractivity contribution < 1.29 is 23.8 Å². The summed E-state index contributed by atoms with van der Waals surface area (Å²) in [5, 5.41) is 4.44. The van der Waals surface area contributed by atoms with Gasteiger partial charge in [0, 0.05) is 0 Å². The van der Waals surface area contributed by atoms with Crippen LogP contribution in [0, 0.1) is 0 Å². The molecule has 1 aromatic heterocycles. The van der Waals surface area contributed by atoms with E-state index in [0.29, 0.717) is 25.3 Å². The lowest BCUT2D eigenvalue weighted by molar-refractivity contribution is -0.157. The molecule has 3 atom stereocenters. The van der Waals surface area contributed by atoms with Gasteiger partial charge in [-0.2, -0.15) is 5.10 Å². The third-order valence-electron chi connectivity index (χ3n) is 5.19. The predicted octanol–water partition coefficient (Wildman–Crippen LogP) is 1.89. The maximum absolute atomic E-state index is 12.9. The molecule has 0 unspecified atom stereocenters. The second-order valence-electron chi connectivity index (χ2n) is 9.16. The average Bonchev–Trinajstić information content (AvgIpc) is 3.16. The molecule has 0 spiro atoms. The van der Waals surface area contributed by atoms with Crippen LogP contribution in [0.1, 0.15) is 47.2 Å². The van der Waals surface area contributed by atoms with Crippen LogP contribution < -0.4 is 4.90 Å². The molecule has 154 valence electrons. The largest absolute Gasteiger partial charge is 0.444 e. The number of aromatic nitrogens is 2. The summed E-state index contributed by atoms with van der Waals surface area (Å²) in [4.78, 5) is 28.9. The lowest BCUT2D eigenvalue weighted by atomic mass is 10.2. The summed E-state index contributed by atoms with van der Waals surface area (Å²) in [6.45, 7) is 12.4. The van der Waals surface area contributed by atoms with Gasteiger partial charge in [-0.05, 0) is 41.5 Å². The molecule has 2 fully saturated rings. The molecular weight excluding hydrogens is 364 g/mol. The zero-order valence-corrected chi connectivity index (χ0v) is 17.3. The fourth-order valence-corrected chi connectivity index (χ4v) is 4.00. The van der Waals surface area contributed by atoms with Crippen LogP contribution in [0.4, 0.5) is 10.5 Å². The molecule has 28 heavy (non-hydrogen) atoms. The summed E-state index contributed by atoms with van der Waals surface area (Å²) < 4.78 is 19.0. The third-order valence-corrected chi connectivity index (χ3v) is 5.19. The highest BCUT2D eigenvalue weighted by atomic mass is 16.8. The van der Waals surface area contributed by atoms with Gasteiger partial charge in [0.2, 0.25) is 0 Å². The SMILES string of the molecule is C[C@H]1Cn2ncc(N3C[C@H]4OC(C)(C)O[C@H]4C3=O)c2CN1C(=O)OC(C)(C)C. The highest BCUT2D eigenvalue weighted by Gasteiger charge is 2.53. The van der Waals surface area contributed by atoms with Crippen molar-refractivity contribution in [2.24, 2.45) is 0 Å². The minimum Gasteiger partial charge on any atom is -0.444 e. The Morgan fingerprint density at radius 2 is 2.00 bits per heavy atom. The van der Waals surface area contributed by atoms with E-state index in [1.165, 1.54) is 0 Å². The normalized spacial score (nSPS) is 29.1. The van der Waals surface area contributed by atoms with E-state index in [-0.39, 0.29) is 24.1 Å². The lowest BCUT2D eigenvalue weighted by Crippen LogP contribution is -2.47. The summed E-state index contributed by atoms with van der Waals surface area (Å²) in [7, 11) is 0. The van der Waals surface area contributed by atoms with Crippen molar-refractivity contribution in [3.8, 4) is 0 Å². The first-order valence-electron chi connectivity index (χ1n) is 9.66. The number of amides is 2. The van der Waals surface area contributed by atoms with E-state index in [9.17, 15) is 9.59 Å². The van der Waals surface area contributed by atoms with Crippen molar-refractivity contribution in [2.75, 3.05) is 11.4 Å². The first-order chi connectivity index (χ1) is 13.0. The van der Waals surface area contributed by atoms with Gasteiger partial charge < -0.3 is 19.1 Å². The maximum atomic E-state index is 12.9. The molecule has 0 aromatic carbocycles. The number of rotatable bonds is 1. The van der Waals surface area contributed by atoms with E-state index in [2.05, 4.69) is 5.10 Å². The fourth-order valence-electron chi connectivity index (χ4n) is 4.00. The number of fused-ring (bicyclic) bond motifs is 2. The smallest absolute Gasteiger partial charge is 0.410 e. The van der Waals surface area contributed by atoms with Gasteiger partial charge in [0.05, 0.1) is 43.3 Å². The quantitative estimate of drug-likeness (QED) is 0.725. The molecule has 2 saturated heterocycles. The summed E-state index contributed by atoms with van der Waals surface area (Å²) in [5.41, 5.74) is 0.947. The molecule has 3 aliphatic heterocycles. The summed E-state index contributed by atoms with van der Waals surface area (Å²) in [5.74, 6) is -0.882. The van der Waals surface area contributed by atoms with Crippen LogP contribution in [0.5, 0.6) is 0 Å². The van der Waals surface area contributed by atoms with E-state index in [1.807, 2.05) is 46.2 Å². The standard InChI is InChI=1S/C19H28N4O5/c1-11-8-23-13(9-21(11)17(25)28-18(2,3)4)12(7-20-23)22-10-14-15(16(22)24)27-19(5,6)26-14/h7,11,14-15H,8-10H2,1-6H3/t11-,14+,15+/m0/s1. The minimum absolute atomic E-state index is 0.0591. The fraction of sp³-hybridized carbons (Fsp3) is 0.737. The van der Waals surface area contributed by atoms with Crippen molar-refractivity contribution in [3.05, 3.63) is 11.9 Å². The summed E-state index contributed by atoms with van der Waals surface area (Å²) >= 11 is 0. The summed E-state index contributed by atoms with van der Waals surface area (Å²) in [6.07, 6.45) is 0.416. The molecule has 2 amide bonds. The van der Waals surface area contributed by atoms with Gasteiger partial charge in [0.25, 0.3) is 5.91 Å². The molecule has 0 bridgehead atoms. The first-order valence-corrected chi connectivity index (χ1v) is 9.66. The number of carbonyl (C=O) groups excluding carboxylic acids is 2. The molecule has 0 saturated carbocycles. The van der Waals surface area contributed by atoms with E-state index in [4.69, 9.17) is 14.2 Å². The molecule has 4 heterocycles. The highest BCUT2D eigenvalue weighted by molar-refractivity contribution is 6.00. The zero-order valence-electron chi connectivity index (χ0n) is 17.3. The van der Waals surface area contributed by atoms with Crippen LogP contribution in [0.3, 0.4) is 0 Å². The molecule has 0 radical (unpaired) electrons. The Hall–Kier alpha value is -2.13. The van der Waals surface area contributed by atoms with E-state index in [0.717, 1.165) is 5.69 Å². The van der Waals surface area contributed by atoms with Crippen LogP contribution in [-0.4, -0.2) is 62.9 Å². The number of anilines is 1. The lowest BCUT2D eigenvalue weighted by Gasteiger charge is -2.36. The molecule has 3 aliphatic rings. The minimum atomic E-state index is -0.752. The third kappa shape index (κ3) is 3.26. The number of nitrogens with zero attached hydrogens (tertiary/aromatic N) is 4. The Kier molecular flexibility index (Phi) is 4.24. The van der Waals surface area contributed by atoms with Gasteiger partial charge in [-0.1, -0.05) is 0 Å². The second-order valence-corrected chi connectivity index (χ2v) is 9.16. The Morgan fingerprint density at radius 3 is 2.64 bits per heavy atom. The van der Waals surface area contributed by atoms with Gasteiger partial charge in [-0.3, -0.25) is 14.4 Å². The second kappa shape index (κ2) is 6.18. The van der Waals surface area contributed by atoms with Gasteiger partial charge in [0.1, 0.15) is 11.7 Å². The number of hydrogen-bond donors (Lipinski definition) is 0. The van der Waals surface area contributed by atoms with Gasteiger partial charge in [-0.25, -0.2) is 4.79 Å². The van der Waals surface area contributed by atoms with E-state index >= 15 is 0 Å². The molecule has 0 aliphatic carbocycles. The predicted molar refractivity (Wildman–Crippen MR) is 99.6 cm³/mol. The van der Waals surface area contributed by atoms with Crippen molar-refractivity contribution >= 4 is 17.7 Å². The molecule has 9 nitrogen and oxygen atoms in total. The molecule has 4 rings (SSSR count). The van der Waals surface area contributed by atoms with Crippen molar-refractivity contribution in [2.45, 2.75) is 84.3 Å². The van der Waals surface area contributed by atoms with Crippen LogP contribution in [0.25, 0.3) is 0 Å². The Balaban J connectivity index is 1.56. The first kappa shape index (κ1) is 19.2. The molecular formula is C19H28N4O5. The van der Waals surface area contributed by atoms with Gasteiger partial charge in [-0.15, -0.1) is 0 Å². The van der Waals surface area contributed by atoms with Crippen LogP contribution in [0.2, 0.25) is 0 Å². The highest BCUT2D eigenvalue weighted by Crippen LogP contribution is 2.38.